The Labute approximate surface area is 124 Å². The molecule has 0 spiro atoms. The summed E-state index contributed by atoms with van der Waals surface area (Å²) >= 11 is 0. The minimum atomic E-state index is -1.95. The van der Waals surface area contributed by atoms with Crippen LogP contribution in [0.3, 0.4) is 0 Å². The van der Waals surface area contributed by atoms with Gasteiger partial charge in [-0.15, -0.1) is 0 Å². The molecule has 1 rings (SSSR count). The Morgan fingerprint density at radius 3 is 2.09 bits per heavy atom. The fourth-order valence-electron chi connectivity index (χ4n) is 1.39. The van der Waals surface area contributed by atoms with E-state index in [9.17, 15) is 24.9 Å². The van der Waals surface area contributed by atoms with Crippen LogP contribution in [0.2, 0.25) is 0 Å². The Morgan fingerprint density at radius 2 is 1.64 bits per heavy atom. The fourth-order valence-corrected chi connectivity index (χ4v) is 1.39. The van der Waals surface area contributed by atoms with Crippen molar-refractivity contribution in [3.63, 3.8) is 0 Å². The molecule has 11 heteroatoms. The van der Waals surface area contributed by atoms with E-state index in [0.717, 1.165) is 12.4 Å². The quantitative estimate of drug-likeness (QED) is 0.243. The van der Waals surface area contributed by atoms with Crippen LogP contribution in [-0.2, 0) is 0 Å². The maximum Gasteiger partial charge on any atom is 0.273 e. The van der Waals surface area contributed by atoms with E-state index in [0.29, 0.717) is 0 Å². The summed E-state index contributed by atoms with van der Waals surface area (Å²) < 4.78 is 0. The smallest absolute Gasteiger partial charge is 0.273 e. The molecule has 0 bridgehead atoms. The molecule has 11 nitrogen and oxygen atoms in total. The average molecular weight is 316 g/mol. The van der Waals surface area contributed by atoms with Crippen molar-refractivity contribution >= 4 is 11.8 Å². The predicted octanol–water partition coefficient (Wildman–Crippen LogP) is -4.30. The third-order valence-corrected chi connectivity index (χ3v) is 2.67. The number of carbonyl (C=O) groups is 2. The number of primary amides is 1. The lowest BCUT2D eigenvalue weighted by Gasteiger charge is -2.25. The molecule has 8 N–H and O–H groups in total. The molecule has 4 unspecified atom stereocenters. The summed E-state index contributed by atoms with van der Waals surface area (Å²) in [7, 11) is 0. The van der Waals surface area contributed by atoms with Gasteiger partial charge in [-0.25, -0.2) is 9.97 Å². The predicted molar refractivity (Wildman–Crippen MR) is 69.1 cm³/mol. The molecule has 0 radical (unpaired) electrons. The average Bonchev–Trinajstić information content (AvgIpc) is 2.52. The van der Waals surface area contributed by atoms with Gasteiger partial charge in [0.15, 0.2) is 6.23 Å². The van der Waals surface area contributed by atoms with Crippen molar-refractivity contribution in [1.82, 2.24) is 15.3 Å². The molecule has 0 saturated carbocycles. The topological polar surface area (TPSA) is 199 Å². The minimum absolute atomic E-state index is 0.168. The highest BCUT2D eigenvalue weighted by Crippen LogP contribution is 2.04. The van der Waals surface area contributed by atoms with E-state index in [1.165, 1.54) is 0 Å². The number of aliphatic hydroxyl groups is 5. The Bertz CT molecular complexity index is 524. The zero-order valence-corrected chi connectivity index (χ0v) is 11.2. The second-order valence-corrected chi connectivity index (χ2v) is 4.30. The van der Waals surface area contributed by atoms with Crippen molar-refractivity contribution < 1.29 is 35.1 Å². The summed E-state index contributed by atoms with van der Waals surface area (Å²) in [6, 6.07) is 0. The van der Waals surface area contributed by atoms with E-state index in [2.05, 4.69) is 9.97 Å². The van der Waals surface area contributed by atoms with Gasteiger partial charge in [0.1, 0.15) is 29.7 Å². The molecule has 0 aliphatic rings. The van der Waals surface area contributed by atoms with E-state index in [1.807, 2.05) is 5.32 Å². The first-order chi connectivity index (χ1) is 10.3. The van der Waals surface area contributed by atoms with Crippen LogP contribution < -0.4 is 11.1 Å². The summed E-state index contributed by atoms with van der Waals surface area (Å²) in [5.74, 6) is -1.79. The molecule has 4 atom stereocenters. The molecule has 1 aromatic rings. The van der Waals surface area contributed by atoms with Gasteiger partial charge in [-0.2, -0.15) is 0 Å². The number of nitrogens with two attached hydrogens (primary N) is 1. The Hall–Kier alpha value is -2.18. The lowest BCUT2D eigenvalue weighted by atomic mass is 10.1. The number of hydrogen-bond acceptors (Lipinski definition) is 9. The molecule has 0 aliphatic carbocycles. The van der Waals surface area contributed by atoms with Crippen LogP contribution in [0.25, 0.3) is 0 Å². The molecule has 2 amide bonds. The highest BCUT2D eigenvalue weighted by Gasteiger charge is 2.31. The third-order valence-electron chi connectivity index (χ3n) is 2.67. The SMILES string of the molecule is NC(=O)c1cnc(C(=O)NC(O)C(O)C(O)C(O)CO)cn1. The molecule has 1 aromatic heterocycles. The van der Waals surface area contributed by atoms with Crippen LogP contribution in [0, 0.1) is 0 Å². The van der Waals surface area contributed by atoms with Gasteiger partial charge in [-0.05, 0) is 0 Å². The number of nitrogens with one attached hydrogen (secondary N) is 1. The second kappa shape index (κ2) is 7.72. The number of carbonyl (C=O) groups excluding carboxylic acids is 2. The number of hydrogen-bond donors (Lipinski definition) is 7. The van der Waals surface area contributed by atoms with Gasteiger partial charge in [-0.1, -0.05) is 0 Å². The zero-order valence-electron chi connectivity index (χ0n) is 11.2. The van der Waals surface area contributed by atoms with Crippen LogP contribution >= 0.6 is 0 Å². The van der Waals surface area contributed by atoms with Crippen LogP contribution in [0.4, 0.5) is 0 Å². The Kier molecular flexibility index (Phi) is 6.27. The first-order valence-corrected chi connectivity index (χ1v) is 6.03. The maximum absolute atomic E-state index is 11.7. The van der Waals surface area contributed by atoms with E-state index in [1.54, 1.807) is 0 Å². The minimum Gasteiger partial charge on any atom is -0.394 e. The van der Waals surface area contributed by atoms with Crippen molar-refractivity contribution in [2.24, 2.45) is 5.73 Å². The normalized spacial score (nSPS) is 16.4. The largest absolute Gasteiger partial charge is 0.394 e. The van der Waals surface area contributed by atoms with Crippen LogP contribution in [0.1, 0.15) is 21.0 Å². The second-order valence-electron chi connectivity index (χ2n) is 4.30. The van der Waals surface area contributed by atoms with E-state index < -0.39 is 43.0 Å². The third kappa shape index (κ3) is 4.41. The zero-order chi connectivity index (χ0) is 16.9. The highest BCUT2D eigenvalue weighted by atomic mass is 16.4. The van der Waals surface area contributed by atoms with Crippen molar-refractivity contribution in [3.05, 3.63) is 23.8 Å². The van der Waals surface area contributed by atoms with E-state index in [-0.39, 0.29) is 11.4 Å². The van der Waals surface area contributed by atoms with Crippen molar-refractivity contribution in [3.8, 4) is 0 Å². The van der Waals surface area contributed by atoms with Gasteiger partial charge >= 0.3 is 0 Å². The molecule has 0 saturated heterocycles. The lowest BCUT2D eigenvalue weighted by Crippen LogP contribution is -2.52. The Balaban J connectivity index is 2.69. The summed E-state index contributed by atoms with van der Waals surface area (Å²) in [5, 5.41) is 48.1. The van der Waals surface area contributed by atoms with Gasteiger partial charge in [0.2, 0.25) is 0 Å². The molecule has 0 aliphatic heterocycles. The van der Waals surface area contributed by atoms with Crippen molar-refractivity contribution in [1.29, 1.82) is 0 Å². The van der Waals surface area contributed by atoms with Gasteiger partial charge in [0, 0.05) is 0 Å². The number of aliphatic hydroxyl groups excluding tert-OH is 5. The monoisotopic (exact) mass is 316 g/mol. The molecule has 1 heterocycles. The van der Waals surface area contributed by atoms with Gasteiger partial charge < -0.3 is 36.6 Å². The van der Waals surface area contributed by atoms with Crippen LogP contribution in [-0.4, -0.2) is 78.5 Å². The van der Waals surface area contributed by atoms with Crippen LogP contribution in [0.15, 0.2) is 12.4 Å². The summed E-state index contributed by atoms with van der Waals surface area (Å²) in [6.07, 6.45) is -5.61. The van der Waals surface area contributed by atoms with Crippen molar-refractivity contribution in [2.45, 2.75) is 24.5 Å². The molecular weight excluding hydrogens is 300 g/mol. The van der Waals surface area contributed by atoms with Crippen molar-refractivity contribution in [2.75, 3.05) is 6.61 Å². The van der Waals surface area contributed by atoms with Gasteiger partial charge in [-0.3, -0.25) is 9.59 Å². The highest BCUT2D eigenvalue weighted by molar-refractivity contribution is 5.93. The van der Waals surface area contributed by atoms with E-state index >= 15 is 0 Å². The Morgan fingerprint density at radius 1 is 1.09 bits per heavy atom. The van der Waals surface area contributed by atoms with Gasteiger partial charge in [0.25, 0.3) is 11.8 Å². The molecular formula is C11H16N4O7. The molecule has 0 aromatic carbocycles. The number of amides is 2. The molecule has 22 heavy (non-hydrogen) atoms. The first-order valence-electron chi connectivity index (χ1n) is 6.03. The number of nitrogens with zero attached hydrogens (tertiary/aromatic N) is 2. The maximum atomic E-state index is 11.7. The summed E-state index contributed by atoms with van der Waals surface area (Å²) in [6.45, 7) is -0.848. The van der Waals surface area contributed by atoms with E-state index in [4.69, 9.17) is 15.9 Å². The number of aromatic nitrogens is 2. The first kappa shape index (κ1) is 17.9. The lowest BCUT2D eigenvalue weighted by molar-refractivity contribution is -0.119. The number of rotatable bonds is 7. The summed E-state index contributed by atoms with van der Waals surface area (Å²) in [5.41, 5.74) is 4.50. The summed E-state index contributed by atoms with van der Waals surface area (Å²) in [4.78, 5) is 29.7. The molecule has 0 fully saturated rings. The van der Waals surface area contributed by atoms with Gasteiger partial charge in [0.05, 0.1) is 19.0 Å². The molecule has 122 valence electrons. The van der Waals surface area contributed by atoms with Crippen LogP contribution in [0.5, 0.6) is 0 Å². The fraction of sp³-hybridized carbons (Fsp3) is 0.455. The standard InChI is InChI=1S/C11H16N4O7/c12-9(20)4-1-14-5(2-13-4)10(21)15-11(22)8(19)7(18)6(17)3-16/h1-2,6-8,11,16-19,22H,3H2,(H2,12,20)(H,15,21).